The first kappa shape index (κ1) is 17.1. The Morgan fingerprint density at radius 3 is 2.48 bits per heavy atom. The van der Waals surface area contributed by atoms with Crippen molar-refractivity contribution < 1.29 is 17.6 Å². The van der Waals surface area contributed by atoms with E-state index in [-0.39, 0.29) is 15.5 Å². The Balaban J connectivity index is 2.31. The van der Waals surface area contributed by atoms with Crippen LogP contribution in [0.5, 0.6) is 0 Å². The van der Waals surface area contributed by atoms with Crippen molar-refractivity contribution in [3.05, 3.63) is 48.2 Å². The van der Waals surface area contributed by atoms with E-state index in [1.165, 1.54) is 11.3 Å². The predicted molar refractivity (Wildman–Crippen MR) is 87.5 cm³/mol. The zero-order valence-corrected chi connectivity index (χ0v) is 15.6. The molecular formula is C12H6Br2ClFO3S2. The maximum atomic E-state index is 13.1. The molecule has 0 aliphatic rings. The second kappa shape index (κ2) is 6.45. The number of Topliss-reactive ketones (excluding diaryl/α,β-unsaturated/α-hetero) is 1. The zero-order chi connectivity index (χ0) is 15.8. The number of halogens is 4. The van der Waals surface area contributed by atoms with Gasteiger partial charge in [-0.15, -0.1) is 11.3 Å². The van der Waals surface area contributed by atoms with Crippen LogP contribution in [-0.2, 0) is 9.84 Å². The van der Waals surface area contributed by atoms with Gasteiger partial charge in [0.15, 0.2) is 15.6 Å². The number of sulfone groups is 1. The lowest BCUT2D eigenvalue weighted by Gasteiger charge is -2.04. The summed E-state index contributed by atoms with van der Waals surface area (Å²) in [4.78, 5) is 11.9. The van der Waals surface area contributed by atoms with Gasteiger partial charge in [0.25, 0.3) is 0 Å². The standard InChI is InChI=1S/C12H6Br2ClFO3S2/c13-11-4-7(12(14)20-11)10(17)5-21(18,19)6-1-2-9(16)8(15)3-6/h1-4H,5H2. The maximum Gasteiger partial charge on any atom is 0.185 e. The molecule has 2 rings (SSSR count). The SMILES string of the molecule is O=C(CS(=O)(=O)c1ccc(F)c(Cl)c1)c1cc(Br)sc1Br. The Morgan fingerprint density at radius 1 is 1.29 bits per heavy atom. The van der Waals surface area contributed by atoms with Gasteiger partial charge < -0.3 is 0 Å². The summed E-state index contributed by atoms with van der Waals surface area (Å²) in [5, 5.41) is -0.303. The second-order valence-corrected chi connectivity index (χ2v) is 10.1. The van der Waals surface area contributed by atoms with Crippen LogP contribution >= 0.6 is 54.8 Å². The number of hydrogen-bond donors (Lipinski definition) is 0. The van der Waals surface area contributed by atoms with Crippen molar-refractivity contribution in [1.29, 1.82) is 0 Å². The van der Waals surface area contributed by atoms with Crippen molar-refractivity contribution >= 4 is 70.4 Å². The first-order valence-electron chi connectivity index (χ1n) is 5.36. The summed E-state index contributed by atoms with van der Waals surface area (Å²) >= 11 is 13.3. The number of rotatable bonds is 4. The van der Waals surface area contributed by atoms with Gasteiger partial charge in [0, 0.05) is 5.56 Å². The van der Waals surface area contributed by atoms with Gasteiger partial charge in [-0.05, 0) is 56.1 Å². The molecule has 0 radical (unpaired) electrons. The minimum absolute atomic E-state index is 0.187. The van der Waals surface area contributed by atoms with E-state index in [4.69, 9.17) is 11.6 Å². The van der Waals surface area contributed by atoms with E-state index in [0.29, 0.717) is 7.57 Å². The van der Waals surface area contributed by atoms with E-state index in [1.54, 1.807) is 6.07 Å². The van der Waals surface area contributed by atoms with E-state index in [2.05, 4.69) is 31.9 Å². The van der Waals surface area contributed by atoms with Crippen molar-refractivity contribution in [3.8, 4) is 0 Å². The number of hydrogen-bond acceptors (Lipinski definition) is 4. The van der Waals surface area contributed by atoms with Gasteiger partial charge in [-0.2, -0.15) is 0 Å². The Labute approximate surface area is 146 Å². The smallest absolute Gasteiger partial charge is 0.185 e. The minimum atomic E-state index is -3.89. The molecule has 0 amide bonds. The second-order valence-electron chi connectivity index (χ2n) is 4.00. The summed E-state index contributed by atoms with van der Waals surface area (Å²) < 4.78 is 38.7. The average molecular weight is 477 g/mol. The van der Waals surface area contributed by atoms with Crippen LogP contribution in [-0.4, -0.2) is 20.0 Å². The predicted octanol–water partition coefficient (Wildman–Crippen LogP) is 4.72. The summed E-state index contributed by atoms with van der Waals surface area (Å²) in [6, 6.07) is 4.58. The van der Waals surface area contributed by atoms with Crippen LogP contribution in [0.25, 0.3) is 0 Å². The molecule has 0 N–H and O–H groups in total. The van der Waals surface area contributed by atoms with E-state index < -0.39 is 27.2 Å². The number of carbonyl (C=O) groups is 1. The van der Waals surface area contributed by atoms with Gasteiger partial charge in [-0.1, -0.05) is 11.6 Å². The maximum absolute atomic E-state index is 13.1. The highest BCUT2D eigenvalue weighted by atomic mass is 79.9. The average Bonchev–Trinajstić information content (AvgIpc) is 2.71. The largest absolute Gasteiger partial charge is 0.293 e. The van der Waals surface area contributed by atoms with Crippen molar-refractivity contribution in [1.82, 2.24) is 0 Å². The highest BCUT2D eigenvalue weighted by molar-refractivity contribution is 9.12. The molecule has 0 fully saturated rings. The summed E-state index contributed by atoms with van der Waals surface area (Å²) in [6.45, 7) is 0. The molecule has 0 atom stereocenters. The first-order valence-corrected chi connectivity index (χ1v) is 9.80. The molecule has 21 heavy (non-hydrogen) atoms. The summed E-state index contributed by atoms with van der Waals surface area (Å²) in [6.07, 6.45) is 0. The van der Waals surface area contributed by atoms with Crippen LogP contribution in [0, 0.1) is 5.82 Å². The Hall–Kier alpha value is -0.280. The van der Waals surface area contributed by atoms with Gasteiger partial charge in [0.2, 0.25) is 0 Å². The van der Waals surface area contributed by atoms with Crippen LogP contribution in [0.3, 0.4) is 0 Å². The summed E-state index contributed by atoms with van der Waals surface area (Å²) in [7, 11) is -3.89. The molecule has 1 heterocycles. The van der Waals surface area contributed by atoms with Crippen LogP contribution < -0.4 is 0 Å². The fourth-order valence-electron chi connectivity index (χ4n) is 1.53. The van der Waals surface area contributed by atoms with Gasteiger partial charge in [0.1, 0.15) is 11.6 Å². The van der Waals surface area contributed by atoms with Gasteiger partial charge in [-0.3, -0.25) is 4.79 Å². The summed E-state index contributed by atoms with van der Waals surface area (Å²) in [5.41, 5.74) is 0.281. The van der Waals surface area contributed by atoms with Crippen LogP contribution in [0.2, 0.25) is 5.02 Å². The molecule has 3 nitrogen and oxygen atoms in total. The normalized spacial score (nSPS) is 11.6. The molecule has 0 aliphatic heterocycles. The molecule has 112 valence electrons. The fourth-order valence-corrected chi connectivity index (χ4v) is 5.88. The van der Waals surface area contributed by atoms with E-state index in [0.717, 1.165) is 18.2 Å². The number of carbonyl (C=O) groups excluding carboxylic acids is 1. The fraction of sp³-hybridized carbons (Fsp3) is 0.0833. The van der Waals surface area contributed by atoms with Gasteiger partial charge in [-0.25, -0.2) is 12.8 Å². The van der Waals surface area contributed by atoms with E-state index >= 15 is 0 Å². The molecule has 0 bridgehead atoms. The number of ketones is 1. The van der Waals surface area contributed by atoms with E-state index in [9.17, 15) is 17.6 Å². The third kappa shape index (κ3) is 3.92. The lowest BCUT2D eigenvalue weighted by molar-refractivity contribution is 0.102. The molecule has 0 saturated carbocycles. The minimum Gasteiger partial charge on any atom is -0.293 e. The van der Waals surface area contributed by atoms with Gasteiger partial charge in [0.05, 0.1) is 17.5 Å². The Bertz CT molecular complexity index is 818. The number of thiophene rings is 1. The van der Waals surface area contributed by atoms with Crippen molar-refractivity contribution in [2.75, 3.05) is 5.75 Å². The van der Waals surface area contributed by atoms with Crippen molar-refractivity contribution in [2.45, 2.75) is 4.90 Å². The first-order chi connectivity index (χ1) is 9.70. The van der Waals surface area contributed by atoms with Crippen LogP contribution in [0.4, 0.5) is 4.39 Å². The molecule has 0 spiro atoms. The van der Waals surface area contributed by atoms with Crippen molar-refractivity contribution in [2.24, 2.45) is 0 Å². The lowest BCUT2D eigenvalue weighted by atomic mass is 10.2. The van der Waals surface area contributed by atoms with E-state index in [1.807, 2.05) is 0 Å². The molecule has 0 unspecified atom stereocenters. The topological polar surface area (TPSA) is 51.2 Å². The molecule has 9 heteroatoms. The molecular weight excluding hydrogens is 471 g/mol. The van der Waals surface area contributed by atoms with Crippen LogP contribution in [0.1, 0.15) is 10.4 Å². The monoisotopic (exact) mass is 474 g/mol. The quantitative estimate of drug-likeness (QED) is 0.474. The Morgan fingerprint density at radius 2 is 1.95 bits per heavy atom. The molecule has 0 saturated heterocycles. The number of benzene rings is 1. The lowest BCUT2D eigenvalue weighted by Crippen LogP contribution is -2.16. The third-order valence-electron chi connectivity index (χ3n) is 2.53. The van der Waals surface area contributed by atoms with Gasteiger partial charge >= 0.3 is 0 Å². The zero-order valence-electron chi connectivity index (χ0n) is 10.1. The van der Waals surface area contributed by atoms with Crippen LogP contribution in [0.15, 0.2) is 36.7 Å². The molecule has 1 aromatic heterocycles. The highest BCUT2D eigenvalue weighted by Crippen LogP contribution is 2.32. The molecule has 1 aromatic carbocycles. The summed E-state index contributed by atoms with van der Waals surface area (Å²) in [5.74, 6) is -1.98. The molecule has 2 aromatic rings. The van der Waals surface area contributed by atoms with Crippen molar-refractivity contribution in [3.63, 3.8) is 0 Å². The Kier molecular flexibility index (Phi) is 5.25. The highest BCUT2D eigenvalue weighted by Gasteiger charge is 2.23. The third-order valence-corrected chi connectivity index (χ3v) is 6.77. The molecule has 0 aliphatic carbocycles.